The van der Waals surface area contributed by atoms with Gasteiger partial charge in [-0.2, -0.15) is 22.9 Å². The van der Waals surface area contributed by atoms with Gasteiger partial charge >= 0.3 is 6.18 Å². The maximum Gasteiger partial charge on any atom is 0.416 e. The summed E-state index contributed by atoms with van der Waals surface area (Å²) in [5, 5.41) is 7.80. The van der Waals surface area contributed by atoms with Crippen LogP contribution < -0.4 is 15.6 Å². The van der Waals surface area contributed by atoms with E-state index in [0.717, 1.165) is 16.8 Å². The van der Waals surface area contributed by atoms with Crippen LogP contribution in [0.2, 0.25) is 5.02 Å². The molecular weight excluding hydrogens is 717 g/mol. The monoisotopic (exact) mass is 732 g/mol. The predicted octanol–water partition coefficient (Wildman–Crippen LogP) is 8.16. The molecule has 0 atom stereocenters. The van der Waals surface area contributed by atoms with Gasteiger partial charge in [0.15, 0.2) is 12.4 Å². The number of benzene rings is 4. The Bertz CT molecular complexity index is 1910. The van der Waals surface area contributed by atoms with Crippen LogP contribution >= 0.6 is 43.5 Å². The zero-order valence-electron chi connectivity index (χ0n) is 21.7. The number of aromatic nitrogens is 2. The van der Waals surface area contributed by atoms with Crippen LogP contribution in [-0.4, -0.2) is 28.4 Å². The number of alkyl halides is 3. The molecule has 0 bridgehead atoms. The van der Waals surface area contributed by atoms with Gasteiger partial charge in [-0.15, -0.1) is 0 Å². The molecule has 0 saturated carbocycles. The van der Waals surface area contributed by atoms with Gasteiger partial charge in [-0.3, -0.25) is 9.59 Å². The summed E-state index contributed by atoms with van der Waals surface area (Å²) in [7, 11) is 0. The minimum Gasteiger partial charge on any atom is -0.481 e. The van der Waals surface area contributed by atoms with E-state index in [9.17, 15) is 22.8 Å². The predicted molar refractivity (Wildman–Crippen MR) is 167 cm³/mol. The van der Waals surface area contributed by atoms with Gasteiger partial charge < -0.3 is 10.1 Å². The van der Waals surface area contributed by atoms with E-state index in [1.54, 1.807) is 60.7 Å². The summed E-state index contributed by atoms with van der Waals surface area (Å²) in [6.45, 7) is -0.286. The molecule has 0 saturated heterocycles. The SMILES string of the molecule is O=C(COc1c(Br)cc(C=Nn2c(-c3cccc(C(F)(F)F)c3)nc3ccccc3c2=O)cc1Br)Nc1ccc(Cl)cc1. The molecular formula is C30H18Br2ClF3N4O3. The van der Waals surface area contributed by atoms with Crippen LogP contribution in [-0.2, 0) is 11.0 Å². The maximum absolute atomic E-state index is 13.4. The van der Waals surface area contributed by atoms with Gasteiger partial charge in [-0.1, -0.05) is 35.9 Å². The second kappa shape index (κ2) is 12.7. The number of rotatable bonds is 7. The Hall–Kier alpha value is -4.00. The summed E-state index contributed by atoms with van der Waals surface area (Å²) in [6, 6.07) is 21.0. The number of nitrogens with one attached hydrogen (secondary N) is 1. The molecule has 7 nitrogen and oxygen atoms in total. The number of carbonyl (C=O) groups is 1. The van der Waals surface area contributed by atoms with E-state index in [2.05, 4.69) is 47.3 Å². The molecule has 0 radical (unpaired) electrons. The molecule has 0 aliphatic carbocycles. The molecule has 1 amide bonds. The van der Waals surface area contributed by atoms with Gasteiger partial charge in [-0.05, 0) is 98.1 Å². The Kier molecular flexibility index (Phi) is 9.00. The number of amides is 1. The van der Waals surface area contributed by atoms with Crippen LogP contribution in [0.1, 0.15) is 11.1 Å². The number of nitrogens with zero attached hydrogens (tertiary/aromatic N) is 3. The van der Waals surface area contributed by atoms with Crippen molar-refractivity contribution in [3.8, 4) is 17.1 Å². The molecule has 4 aromatic carbocycles. The highest BCUT2D eigenvalue weighted by atomic mass is 79.9. The number of hydrogen-bond donors (Lipinski definition) is 1. The van der Waals surface area contributed by atoms with Crippen LogP contribution in [0.3, 0.4) is 0 Å². The standard InChI is InChI=1S/C30H18Br2ClF3N4O3/c31-23-12-17(13-24(32)27(23)43-16-26(41)38-21-10-8-20(33)9-11-21)15-37-40-28(18-4-3-5-19(14-18)30(34,35)36)39-25-7-2-1-6-22(25)29(40)42/h1-15H,16H2,(H,38,41). The first-order valence-corrected chi connectivity index (χ1v) is 14.4. The van der Waals surface area contributed by atoms with Crippen LogP contribution in [0.5, 0.6) is 5.75 Å². The van der Waals surface area contributed by atoms with Crippen molar-refractivity contribution < 1.29 is 22.7 Å². The summed E-state index contributed by atoms with van der Waals surface area (Å²) in [4.78, 5) is 30.2. The lowest BCUT2D eigenvalue weighted by molar-refractivity contribution is -0.137. The van der Waals surface area contributed by atoms with Crippen LogP contribution in [0, 0.1) is 0 Å². The Morgan fingerprint density at radius 3 is 2.40 bits per heavy atom. The van der Waals surface area contributed by atoms with E-state index >= 15 is 0 Å². The van der Waals surface area contributed by atoms with Gasteiger partial charge in [0.05, 0.1) is 31.6 Å². The molecule has 0 aliphatic heterocycles. The Labute approximate surface area is 264 Å². The quantitative estimate of drug-likeness (QED) is 0.171. The first-order valence-electron chi connectivity index (χ1n) is 12.4. The van der Waals surface area contributed by atoms with Crippen molar-refractivity contribution in [2.24, 2.45) is 5.10 Å². The molecule has 0 unspecified atom stereocenters. The molecule has 1 heterocycles. The highest BCUT2D eigenvalue weighted by Crippen LogP contribution is 2.35. The zero-order chi connectivity index (χ0) is 30.7. The Morgan fingerprint density at radius 1 is 1.00 bits per heavy atom. The maximum atomic E-state index is 13.4. The van der Waals surface area contributed by atoms with Gasteiger partial charge in [0.25, 0.3) is 11.5 Å². The number of hydrogen-bond acceptors (Lipinski definition) is 5. The van der Waals surface area contributed by atoms with Crippen molar-refractivity contribution in [3.05, 3.63) is 120 Å². The van der Waals surface area contributed by atoms with Crippen molar-refractivity contribution in [1.82, 2.24) is 9.66 Å². The van der Waals surface area contributed by atoms with Gasteiger partial charge in [0.2, 0.25) is 0 Å². The van der Waals surface area contributed by atoms with Gasteiger partial charge in [0, 0.05) is 16.3 Å². The molecule has 1 N–H and O–H groups in total. The van der Waals surface area contributed by atoms with E-state index in [4.69, 9.17) is 16.3 Å². The fourth-order valence-corrected chi connectivity index (χ4v) is 5.61. The van der Waals surface area contributed by atoms with Crippen molar-refractivity contribution in [3.63, 3.8) is 0 Å². The third-order valence-electron chi connectivity index (χ3n) is 6.02. The second-order valence-electron chi connectivity index (χ2n) is 9.05. The van der Waals surface area contributed by atoms with Crippen LogP contribution in [0.4, 0.5) is 18.9 Å². The van der Waals surface area contributed by atoms with E-state index in [-0.39, 0.29) is 23.4 Å². The zero-order valence-corrected chi connectivity index (χ0v) is 25.6. The van der Waals surface area contributed by atoms with Crippen LogP contribution in [0.25, 0.3) is 22.3 Å². The molecule has 43 heavy (non-hydrogen) atoms. The first-order chi connectivity index (χ1) is 20.5. The van der Waals surface area contributed by atoms with E-state index in [1.165, 1.54) is 18.3 Å². The lowest BCUT2D eigenvalue weighted by Crippen LogP contribution is -2.20. The summed E-state index contributed by atoms with van der Waals surface area (Å²) in [5.74, 6) is -0.106. The average molecular weight is 735 g/mol. The van der Waals surface area contributed by atoms with Crippen molar-refractivity contribution >= 4 is 72.2 Å². The Balaban J connectivity index is 1.44. The molecule has 218 valence electrons. The average Bonchev–Trinajstić information content (AvgIpc) is 2.97. The normalized spacial score (nSPS) is 11.7. The molecule has 13 heteroatoms. The smallest absolute Gasteiger partial charge is 0.416 e. The summed E-state index contributed by atoms with van der Waals surface area (Å²) in [6.07, 6.45) is -3.22. The largest absolute Gasteiger partial charge is 0.481 e. The Morgan fingerprint density at radius 2 is 1.70 bits per heavy atom. The molecule has 0 aliphatic rings. The molecule has 0 fully saturated rings. The fraction of sp³-hybridized carbons (Fsp3) is 0.0667. The molecule has 0 spiro atoms. The van der Waals surface area contributed by atoms with E-state index in [1.807, 2.05) is 0 Å². The van der Waals surface area contributed by atoms with Gasteiger partial charge in [0.1, 0.15) is 5.75 Å². The molecule has 5 rings (SSSR count). The summed E-state index contributed by atoms with van der Waals surface area (Å²) < 4.78 is 47.9. The number of para-hydroxylation sites is 1. The number of ether oxygens (including phenoxy) is 1. The minimum absolute atomic E-state index is 0.0594. The number of fused-ring (bicyclic) bond motifs is 1. The third kappa shape index (κ3) is 7.15. The lowest BCUT2D eigenvalue weighted by atomic mass is 10.1. The van der Waals surface area contributed by atoms with Gasteiger partial charge in [-0.25, -0.2) is 4.98 Å². The first kappa shape index (κ1) is 30.5. The number of anilines is 1. The second-order valence-corrected chi connectivity index (χ2v) is 11.2. The topological polar surface area (TPSA) is 85.6 Å². The lowest BCUT2D eigenvalue weighted by Gasteiger charge is -2.13. The molecule has 1 aromatic heterocycles. The third-order valence-corrected chi connectivity index (χ3v) is 7.45. The van der Waals surface area contributed by atoms with Crippen molar-refractivity contribution in [2.75, 3.05) is 11.9 Å². The minimum atomic E-state index is -4.58. The summed E-state index contributed by atoms with van der Waals surface area (Å²) >= 11 is 12.7. The summed E-state index contributed by atoms with van der Waals surface area (Å²) in [5.41, 5.74) is 0.0147. The van der Waals surface area contributed by atoms with Crippen molar-refractivity contribution in [2.45, 2.75) is 6.18 Å². The van der Waals surface area contributed by atoms with Crippen LogP contribution in [0.15, 0.2) is 104 Å². The van der Waals surface area contributed by atoms with E-state index < -0.39 is 23.2 Å². The number of halogens is 6. The van der Waals surface area contributed by atoms with E-state index in [0.29, 0.717) is 36.5 Å². The number of carbonyl (C=O) groups excluding carboxylic acids is 1. The molecule has 5 aromatic rings. The fourth-order valence-electron chi connectivity index (χ4n) is 4.04. The highest BCUT2D eigenvalue weighted by molar-refractivity contribution is 9.11. The highest BCUT2D eigenvalue weighted by Gasteiger charge is 2.31. The van der Waals surface area contributed by atoms with Crippen molar-refractivity contribution in [1.29, 1.82) is 0 Å².